The van der Waals surface area contributed by atoms with E-state index in [-0.39, 0.29) is 5.69 Å². The maximum atomic E-state index is 11.0. The predicted octanol–water partition coefficient (Wildman–Crippen LogP) is 0.282. The molecule has 0 aliphatic carbocycles. The van der Waals surface area contributed by atoms with E-state index in [0.29, 0.717) is 5.56 Å². The first kappa shape index (κ1) is 11.6. The van der Waals surface area contributed by atoms with Gasteiger partial charge < -0.3 is 14.9 Å². The van der Waals surface area contributed by atoms with E-state index in [1.54, 1.807) is 0 Å². The number of hydrogen-bond donors (Lipinski definition) is 2. The lowest BCUT2D eigenvalue weighted by Crippen LogP contribution is -2.14. The van der Waals surface area contributed by atoms with Crippen molar-refractivity contribution < 1.29 is 19.7 Å². The lowest BCUT2D eigenvalue weighted by atomic mass is 10.1. The largest absolute Gasteiger partial charge is 0.464 e. The van der Waals surface area contributed by atoms with E-state index in [1.165, 1.54) is 32.4 Å². The van der Waals surface area contributed by atoms with Crippen LogP contribution in [0.5, 0.6) is 0 Å². The summed E-state index contributed by atoms with van der Waals surface area (Å²) < 4.78 is 4.47. The molecular formula is C10H13NO4. The van der Waals surface area contributed by atoms with E-state index >= 15 is 0 Å². The lowest BCUT2D eigenvalue weighted by molar-refractivity contribution is 0.0303. The van der Waals surface area contributed by atoms with Gasteiger partial charge in [0.15, 0.2) is 0 Å². The second-order valence-electron chi connectivity index (χ2n) is 3.15. The van der Waals surface area contributed by atoms with Gasteiger partial charge in [-0.25, -0.2) is 9.78 Å². The van der Waals surface area contributed by atoms with Crippen LogP contribution < -0.4 is 0 Å². The lowest BCUT2D eigenvalue weighted by Gasteiger charge is -2.13. The van der Waals surface area contributed by atoms with Crippen LogP contribution in [0.4, 0.5) is 0 Å². The van der Waals surface area contributed by atoms with Gasteiger partial charge in [0.05, 0.1) is 13.2 Å². The molecule has 2 N–H and O–H groups in total. The summed E-state index contributed by atoms with van der Waals surface area (Å²) in [4.78, 5) is 14.8. The van der Waals surface area contributed by atoms with Crippen molar-refractivity contribution in [3.05, 3.63) is 29.6 Å². The smallest absolute Gasteiger partial charge is 0.356 e. The number of nitrogens with zero attached hydrogens (tertiary/aromatic N) is 1. The Bertz CT molecular complexity index is 334. The van der Waals surface area contributed by atoms with Gasteiger partial charge >= 0.3 is 5.97 Å². The summed E-state index contributed by atoms with van der Waals surface area (Å²) in [5, 5.41) is 18.6. The summed E-state index contributed by atoms with van der Waals surface area (Å²) in [7, 11) is 1.27. The molecule has 0 spiro atoms. The predicted molar refractivity (Wildman–Crippen MR) is 52.2 cm³/mol. The minimum absolute atomic E-state index is 0.166. The SMILES string of the molecule is COC(=O)c1ccc([C@@H](O)[C@@H](C)O)cn1. The number of aromatic nitrogens is 1. The van der Waals surface area contributed by atoms with Gasteiger partial charge in [0.2, 0.25) is 0 Å². The minimum Gasteiger partial charge on any atom is -0.464 e. The molecule has 0 aliphatic rings. The van der Waals surface area contributed by atoms with Crippen molar-refractivity contribution in [2.45, 2.75) is 19.1 Å². The van der Waals surface area contributed by atoms with E-state index in [2.05, 4.69) is 9.72 Å². The van der Waals surface area contributed by atoms with Crippen LogP contribution in [0.15, 0.2) is 18.3 Å². The number of pyridine rings is 1. The quantitative estimate of drug-likeness (QED) is 0.702. The molecule has 2 atom stereocenters. The number of hydrogen-bond acceptors (Lipinski definition) is 5. The molecule has 1 aromatic heterocycles. The van der Waals surface area contributed by atoms with Crippen LogP contribution in [0.3, 0.4) is 0 Å². The topological polar surface area (TPSA) is 79.7 Å². The van der Waals surface area contributed by atoms with Gasteiger partial charge in [-0.05, 0) is 13.0 Å². The Labute approximate surface area is 87.3 Å². The number of rotatable bonds is 3. The molecule has 0 unspecified atom stereocenters. The van der Waals surface area contributed by atoms with E-state index in [9.17, 15) is 9.90 Å². The average molecular weight is 211 g/mol. The van der Waals surface area contributed by atoms with Crippen LogP contribution in [0.2, 0.25) is 0 Å². The van der Waals surface area contributed by atoms with Crippen LogP contribution in [-0.2, 0) is 4.74 Å². The Hall–Kier alpha value is -1.46. The van der Waals surface area contributed by atoms with Crippen molar-refractivity contribution in [3.63, 3.8) is 0 Å². The summed E-state index contributed by atoms with van der Waals surface area (Å²) in [6, 6.07) is 2.96. The van der Waals surface area contributed by atoms with Gasteiger partial charge in [-0.3, -0.25) is 0 Å². The molecule has 5 heteroatoms. The molecule has 0 aliphatic heterocycles. The molecule has 0 aromatic carbocycles. The highest BCUT2D eigenvalue weighted by Gasteiger charge is 2.15. The molecule has 0 radical (unpaired) electrons. The van der Waals surface area contributed by atoms with Gasteiger partial charge in [0, 0.05) is 11.8 Å². The zero-order valence-electron chi connectivity index (χ0n) is 8.54. The molecular weight excluding hydrogens is 198 g/mol. The number of methoxy groups -OCH3 is 1. The molecule has 0 fully saturated rings. The first-order chi connectivity index (χ1) is 7.06. The number of esters is 1. The first-order valence-electron chi connectivity index (χ1n) is 4.46. The molecule has 5 nitrogen and oxygen atoms in total. The van der Waals surface area contributed by atoms with Gasteiger partial charge in [0.25, 0.3) is 0 Å². The standard InChI is InChI=1S/C10H13NO4/c1-6(12)9(13)7-3-4-8(11-5-7)10(14)15-2/h3-6,9,12-13H,1-2H3/t6-,9+/m1/s1. The Balaban J connectivity index is 2.85. The highest BCUT2D eigenvalue weighted by molar-refractivity contribution is 5.86. The zero-order chi connectivity index (χ0) is 11.4. The molecule has 0 bridgehead atoms. The van der Waals surface area contributed by atoms with Gasteiger partial charge in [-0.15, -0.1) is 0 Å². The number of carbonyl (C=O) groups excluding carboxylic acids is 1. The first-order valence-corrected chi connectivity index (χ1v) is 4.46. The highest BCUT2D eigenvalue weighted by Crippen LogP contribution is 2.15. The maximum absolute atomic E-state index is 11.0. The molecule has 1 rings (SSSR count). The third-order valence-corrected chi connectivity index (χ3v) is 1.98. The zero-order valence-corrected chi connectivity index (χ0v) is 8.54. The average Bonchev–Trinajstić information content (AvgIpc) is 2.27. The maximum Gasteiger partial charge on any atom is 0.356 e. The van der Waals surface area contributed by atoms with Gasteiger partial charge in [0.1, 0.15) is 11.8 Å². The molecule has 0 amide bonds. The summed E-state index contributed by atoms with van der Waals surface area (Å²) >= 11 is 0. The molecule has 0 saturated heterocycles. The van der Waals surface area contributed by atoms with Crippen LogP contribution in [0.25, 0.3) is 0 Å². The number of aliphatic hydroxyl groups excluding tert-OH is 2. The van der Waals surface area contributed by atoms with E-state index in [1.807, 2.05) is 0 Å². The van der Waals surface area contributed by atoms with Crippen LogP contribution in [-0.4, -0.2) is 34.4 Å². The molecule has 82 valence electrons. The third-order valence-electron chi connectivity index (χ3n) is 1.98. The summed E-state index contributed by atoms with van der Waals surface area (Å²) in [5.74, 6) is -0.534. The van der Waals surface area contributed by atoms with Crippen LogP contribution in [0.1, 0.15) is 29.1 Å². The monoisotopic (exact) mass is 211 g/mol. The summed E-state index contributed by atoms with van der Waals surface area (Å²) in [6.45, 7) is 1.47. The van der Waals surface area contributed by atoms with E-state index in [0.717, 1.165) is 0 Å². The van der Waals surface area contributed by atoms with Crippen molar-refractivity contribution >= 4 is 5.97 Å². The van der Waals surface area contributed by atoms with Gasteiger partial charge in [-0.2, -0.15) is 0 Å². The fourth-order valence-corrected chi connectivity index (χ4v) is 1.08. The van der Waals surface area contributed by atoms with Crippen LogP contribution >= 0.6 is 0 Å². The van der Waals surface area contributed by atoms with E-state index < -0.39 is 18.2 Å². The van der Waals surface area contributed by atoms with E-state index in [4.69, 9.17) is 5.11 Å². The van der Waals surface area contributed by atoms with Gasteiger partial charge in [-0.1, -0.05) is 6.07 Å². The number of aliphatic hydroxyl groups is 2. The molecule has 0 saturated carbocycles. The number of carbonyl (C=O) groups is 1. The van der Waals surface area contributed by atoms with Crippen molar-refractivity contribution in [2.75, 3.05) is 7.11 Å². The second kappa shape index (κ2) is 4.86. The van der Waals surface area contributed by atoms with Crippen molar-refractivity contribution in [3.8, 4) is 0 Å². The summed E-state index contributed by atoms with van der Waals surface area (Å²) in [5.41, 5.74) is 0.622. The minimum atomic E-state index is -0.996. The third kappa shape index (κ3) is 2.74. The molecule has 1 heterocycles. The van der Waals surface area contributed by atoms with Crippen LogP contribution in [0, 0.1) is 0 Å². The Kier molecular flexibility index (Phi) is 3.76. The fraction of sp³-hybridized carbons (Fsp3) is 0.400. The van der Waals surface area contributed by atoms with Crippen molar-refractivity contribution in [1.29, 1.82) is 0 Å². The highest BCUT2D eigenvalue weighted by atomic mass is 16.5. The fourth-order valence-electron chi connectivity index (χ4n) is 1.08. The summed E-state index contributed by atoms with van der Waals surface area (Å²) in [6.07, 6.45) is -0.538. The van der Waals surface area contributed by atoms with Crippen molar-refractivity contribution in [1.82, 2.24) is 4.98 Å². The Morgan fingerprint density at radius 2 is 2.13 bits per heavy atom. The normalized spacial score (nSPS) is 14.4. The molecule has 15 heavy (non-hydrogen) atoms. The number of ether oxygens (including phenoxy) is 1. The second-order valence-corrected chi connectivity index (χ2v) is 3.15. The Morgan fingerprint density at radius 3 is 2.53 bits per heavy atom. The Morgan fingerprint density at radius 1 is 1.47 bits per heavy atom. The molecule has 1 aromatic rings. The van der Waals surface area contributed by atoms with Crippen molar-refractivity contribution in [2.24, 2.45) is 0 Å².